The topological polar surface area (TPSA) is 65.1 Å². The number of halogens is 2. The molecule has 0 saturated carbocycles. The third-order valence-corrected chi connectivity index (χ3v) is 4.53. The second-order valence-electron chi connectivity index (χ2n) is 6.11. The Morgan fingerprint density at radius 2 is 2.33 bits per heavy atom. The Morgan fingerprint density at radius 1 is 1.50 bits per heavy atom. The number of rotatable bonds is 6. The van der Waals surface area contributed by atoms with Crippen LogP contribution in [0.15, 0.2) is 18.6 Å². The third kappa shape index (κ3) is 3.53. The lowest BCUT2D eigenvalue weighted by molar-refractivity contribution is -0.125. The van der Waals surface area contributed by atoms with Crippen molar-refractivity contribution in [3.05, 3.63) is 18.6 Å². The molecule has 3 heterocycles. The standard InChI is InChI=1S/C16H21F2N5O/c1-22(16-12-6-7-19-15(12)20-10-21-16)23-8-2-3-11(9-23)13(24)4-5-14(17)18/h6-7,10-11,14H,2-5,8-9H2,1H3,(H,19,20,21). The smallest absolute Gasteiger partial charge is 0.239 e. The van der Waals surface area contributed by atoms with Gasteiger partial charge < -0.3 is 4.98 Å². The minimum atomic E-state index is -2.42. The fourth-order valence-corrected chi connectivity index (χ4v) is 3.20. The number of piperidine rings is 1. The highest BCUT2D eigenvalue weighted by Crippen LogP contribution is 2.26. The first kappa shape index (κ1) is 16.8. The lowest BCUT2D eigenvalue weighted by atomic mass is 9.92. The molecule has 1 aliphatic rings. The Balaban J connectivity index is 1.70. The van der Waals surface area contributed by atoms with E-state index in [0.29, 0.717) is 6.54 Å². The van der Waals surface area contributed by atoms with Crippen LogP contribution in [0.3, 0.4) is 0 Å². The normalized spacial score (nSPS) is 19.1. The van der Waals surface area contributed by atoms with Gasteiger partial charge in [0.05, 0.1) is 5.39 Å². The van der Waals surface area contributed by atoms with Crippen molar-refractivity contribution in [1.82, 2.24) is 20.0 Å². The molecule has 1 atom stereocenters. The van der Waals surface area contributed by atoms with Crippen LogP contribution >= 0.6 is 0 Å². The molecule has 6 nitrogen and oxygen atoms in total. The Hall–Kier alpha value is -2.09. The van der Waals surface area contributed by atoms with Crippen LogP contribution in [0.25, 0.3) is 11.0 Å². The zero-order valence-electron chi connectivity index (χ0n) is 13.6. The number of hydrazine groups is 1. The molecule has 3 rings (SSSR count). The van der Waals surface area contributed by atoms with Crippen molar-refractivity contribution >= 4 is 22.6 Å². The van der Waals surface area contributed by atoms with E-state index in [1.165, 1.54) is 6.33 Å². The number of nitrogens with zero attached hydrogens (tertiary/aromatic N) is 4. The summed E-state index contributed by atoms with van der Waals surface area (Å²) in [5, 5.41) is 4.90. The molecular weight excluding hydrogens is 316 g/mol. The molecule has 0 aromatic carbocycles. The molecule has 2 aromatic heterocycles. The Kier molecular flexibility index (Phi) is 5.03. The lowest BCUT2D eigenvalue weighted by Gasteiger charge is -2.38. The number of hydrogen-bond donors (Lipinski definition) is 1. The number of carbonyl (C=O) groups excluding carboxylic acids is 1. The fourth-order valence-electron chi connectivity index (χ4n) is 3.20. The van der Waals surface area contributed by atoms with E-state index in [1.807, 2.05) is 24.3 Å². The maximum absolute atomic E-state index is 12.3. The highest BCUT2D eigenvalue weighted by atomic mass is 19.3. The van der Waals surface area contributed by atoms with Crippen molar-refractivity contribution in [3.8, 4) is 0 Å². The van der Waals surface area contributed by atoms with Gasteiger partial charge >= 0.3 is 0 Å². The van der Waals surface area contributed by atoms with Crippen molar-refractivity contribution in [2.45, 2.75) is 32.1 Å². The summed E-state index contributed by atoms with van der Waals surface area (Å²) in [4.78, 5) is 23.7. The first-order valence-electron chi connectivity index (χ1n) is 8.14. The van der Waals surface area contributed by atoms with Gasteiger partial charge in [-0.25, -0.2) is 23.8 Å². The van der Waals surface area contributed by atoms with E-state index < -0.39 is 6.43 Å². The summed E-state index contributed by atoms with van der Waals surface area (Å²) in [6, 6.07) is 1.91. The van der Waals surface area contributed by atoms with Crippen molar-refractivity contribution in [2.75, 3.05) is 25.1 Å². The van der Waals surface area contributed by atoms with Crippen molar-refractivity contribution in [3.63, 3.8) is 0 Å². The highest BCUT2D eigenvalue weighted by molar-refractivity contribution is 5.87. The van der Waals surface area contributed by atoms with Gasteiger partial charge in [-0.2, -0.15) is 0 Å². The molecule has 1 N–H and O–H groups in total. The number of aromatic nitrogens is 3. The molecule has 0 spiro atoms. The van der Waals surface area contributed by atoms with E-state index in [9.17, 15) is 13.6 Å². The molecule has 1 unspecified atom stereocenters. The Morgan fingerprint density at radius 3 is 3.12 bits per heavy atom. The summed E-state index contributed by atoms with van der Waals surface area (Å²) in [6.45, 7) is 1.35. The van der Waals surface area contributed by atoms with E-state index in [4.69, 9.17) is 0 Å². The maximum atomic E-state index is 12.3. The van der Waals surface area contributed by atoms with E-state index >= 15 is 0 Å². The molecule has 0 bridgehead atoms. The molecule has 0 aliphatic carbocycles. The number of anilines is 1. The number of hydrogen-bond acceptors (Lipinski definition) is 5. The first-order valence-corrected chi connectivity index (χ1v) is 8.14. The monoisotopic (exact) mass is 337 g/mol. The van der Waals surface area contributed by atoms with Crippen LogP contribution in [0.2, 0.25) is 0 Å². The van der Waals surface area contributed by atoms with Crippen LogP contribution in [-0.4, -0.2) is 52.3 Å². The van der Waals surface area contributed by atoms with Crippen LogP contribution in [0.5, 0.6) is 0 Å². The summed E-state index contributed by atoms with van der Waals surface area (Å²) in [5.41, 5.74) is 0.758. The summed E-state index contributed by atoms with van der Waals surface area (Å²) >= 11 is 0. The molecule has 8 heteroatoms. The third-order valence-electron chi connectivity index (χ3n) is 4.53. The largest absolute Gasteiger partial charge is 0.346 e. The number of alkyl halides is 2. The lowest BCUT2D eigenvalue weighted by Crippen LogP contribution is -2.48. The van der Waals surface area contributed by atoms with Crippen molar-refractivity contribution in [2.24, 2.45) is 5.92 Å². The van der Waals surface area contributed by atoms with Gasteiger partial charge in [-0.15, -0.1) is 0 Å². The van der Waals surface area contributed by atoms with Crippen LogP contribution < -0.4 is 5.01 Å². The van der Waals surface area contributed by atoms with Crippen LogP contribution in [0.1, 0.15) is 25.7 Å². The minimum absolute atomic E-state index is 0.0462. The average Bonchev–Trinajstić information content (AvgIpc) is 3.07. The molecule has 1 fully saturated rings. The number of aromatic amines is 1. The summed E-state index contributed by atoms with van der Waals surface area (Å²) < 4.78 is 24.6. The second kappa shape index (κ2) is 7.21. The van der Waals surface area contributed by atoms with E-state index in [1.54, 1.807) is 0 Å². The number of carbonyl (C=O) groups is 1. The maximum Gasteiger partial charge on any atom is 0.239 e. The molecule has 1 aliphatic heterocycles. The predicted molar refractivity (Wildman–Crippen MR) is 86.8 cm³/mol. The van der Waals surface area contributed by atoms with Gasteiger partial charge in [-0.1, -0.05) is 0 Å². The summed E-state index contributed by atoms with van der Waals surface area (Å²) in [6.07, 6.45) is 2.12. The van der Waals surface area contributed by atoms with E-state index in [0.717, 1.165) is 36.2 Å². The predicted octanol–water partition coefficient (Wildman–Crippen LogP) is 2.64. The number of ketones is 1. The van der Waals surface area contributed by atoms with Crippen LogP contribution in [0.4, 0.5) is 14.6 Å². The summed E-state index contributed by atoms with van der Waals surface area (Å²) in [7, 11) is 1.90. The highest BCUT2D eigenvalue weighted by Gasteiger charge is 2.29. The minimum Gasteiger partial charge on any atom is -0.346 e. The van der Waals surface area contributed by atoms with E-state index in [2.05, 4.69) is 20.0 Å². The average molecular weight is 337 g/mol. The molecular formula is C16H21F2N5O. The van der Waals surface area contributed by atoms with Gasteiger partial charge in [0.25, 0.3) is 0 Å². The molecule has 24 heavy (non-hydrogen) atoms. The van der Waals surface area contributed by atoms with Crippen LogP contribution in [0, 0.1) is 5.92 Å². The first-order chi connectivity index (χ1) is 11.6. The molecule has 1 saturated heterocycles. The number of H-pyrrole nitrogens is 1. The van der Waals surface area contributed by atoms with Gasteiger partial charge in [0.1, 0.15) is 17.8 Å². The molecule has 130 valence electrons. The van der Waals surface area contributed by atoms with E-state index in [-0.39, 0.29) is 24.5 Å². The second-order valence-corrected chi connectivity index (χ2v) is 6.11. The van der Waals surface area contributed by atoms with Crippen molar-refractivity contribution < 1.29 is 13.6 Å². The van der Waals surface area contributed by atoms with Gasteiger partial charge in [0.2, 0.25) is 6.43 Å². The van der Waals surface area contributed by atoms with Crippen molar-refractivity contribution in [1.29, 1.82) is 0 Å². The van der Waals surface area contributed by atoms with Gasteiger partial charge in [0, 0.05) is 45.1 Å². The number of Topliss-reactive ketones (excluding diaryl/α,β-unsaturated/α-hetero) is 1. The number of fused-ring (bicyclic) bond motifs is 1. The molecule has 0 amide bonds. The quantitative estimate of drug-likeness (QED) is 0.878. The zero-order chi connectivity index (χ0) is 17.1. The zero-order valence-corrected chi connectivity index (χ0v) is 13.6. The van der Waals surface area contributed by atoms with Gasteiger partial charge in [-0.05, 0) is 18.9 Å². The van der Waals surface area contributed by atoms with Gasteiger partial charge in [0.15, 0.2) is 5.82 Å². The number of nitrogens with one attached hydrogen (secondary N) is 1. The van der Waals surface area contributed by atoms with Gasteiger partial charge in [-0.3, -0.25) is 9.80 Å². The summed E-state index contributed by atoms with van der Waals surface area (Å²) in [5.74, 6) is 0.508. The molecule has 0 radical (unpaired) electrons. The fraction of sp³-hybridized carbons (Fsp3) is 0.562. The molecule has 2 aromatic rings. The SMILES string of the molecule is CN(c1ncnc2[nH]ccc12)N1CCCC(C(=O)CCC(F)F)C1. The Bertz CT molecular complexity index is 705. The van der Waals surface area contributed by atoms with Crippen LogP contribution in [-0.2, 0) is 4.79 Å². The Labute approximate surface area is 138 Å².